The lowest BCUT2D eigenvalue weighted by Crippen LogP contribution is -2.49. The Hall–Kier alpha value is -3.83. The lowest BCUT2D eigenvalue weighted by Gasteiger charge is -2.42. The number of imidazole rings is 1. The van der Waals surface area contributed by atoms with Crippen LogP contribution in [0.3, 0.4) is 0 Å². The van der Waals surface area contributed by atoms with Crippen molar-refractivity contribution in [1.82, 2.24) is 19.4 Å². The summed E-state index contributed by atoms with van der Waals surface area (Å²) >= 11 is 0. The number of amides is 2. The molecule has 4 atom stereocenters. The number of carbonyl (C=O) groups is 2. The van der Waals surface area contributed by atoms with Gasteiger partial charge in [0.05, 0.1) is 24.4 Å². The number of aliphatic hydroxyl groups is 2. The van der Waals surface area contributed by atoms with Crippen LogP contribution in [0, 0.1) is 23.0 Å². The number of hydrogen-bond donors (Lipinski definition) is 2. The second-order valence-electron chi connectivity index (χ2n) is 13.9. The molecule has 0 aliphatic carbocycles. The van der Waals surface area contributed by atoms with Crippen LogP contribution >= 0.6 is 0 Å². The van der Waals surface area contributed by atoms with Crippen LogP contribution in [0.15, 0.2) is 54.7 Å². The number of aromatic nitrogens is 2. The van der Waals surface area contributed by atoms with Crippen molar-refractivity contribution in [2.24, 2.45) is 11.3 Å². The first kappa shape index (κ1) is 34.1. The standard InChI is InChI=1S/C34H44F2N4O5/c1-21(41)31(43)40(18-23-17-39(20-28(23)42)32(44)45-34(5,6)7)29(33(2,3)4)30-37-27(25-15-24(35)13-14-26(25)36)19-38(30)16-22-11-9-8-10-12-22/h8-15,19,21,23,28-29,41-42H,16-18,20H2,1-7H3. The Kier molecular flexibility index (Phi) is 10.0. The SMILES string of the molecule is CC(O)C(=O)N(CC1CN(C(=O)OC(C)(C)C)CC1O)C(c1nc(-c2cc(F)ccc2F)cn1Cc1ccccc1)C(C)(C)C. The molecule has 1 aliphatic heterocycles. The molecule has 9 nitrogen and oxygen atoms in total. The molecule has 244 valence electrons. The predicted molar refractivity (Wildman–Crippen MR) is 166 cm³/mol. The molecule has 2 N–H and O–H groups in total. The fraction of sp³-hybridized carbons (Fsp3) is 0.500. The highest BCUT2D eigenvalue weighted by Gasteiger charge is 2.44. The minimum absolute atomic E-state index is 0.00596. The molecular formula is C34H44F2N4O5. The zero-order valence-electron chi connectivity index (χ0n) is 27.0. The molecule has 3 aromatic rings. The van der Waals surface area contributed by atoms with Gasteiger partial charge in [-0.25, -0.2) is 18.6 Å². The van der Waals surface area contributed by atoms with Crippen LogP contribution in [0.25, 0.3) is 11.3 Å². The number of likely N-dealkylation sites (tertiary alicyclic amines) is 1. The maximum atomic E-state index is 15.0. The quantitative estimate of drug-likeness (QED) is 0.347. The van der Waals surface area contributed by atoms with Crippen LogP contribution in [0.4, 0.5) is 13.6 Å². The van der Waals surface area contributed by atoms with Gasteiger partial charge in [-0.05, 0) is 56.9 Å². The summed E-state index contributed by atoms with van der Waals surface area (Å²) in [6.07, 6.45) is -1.26. The number of ether oxygens (including phenoxy) is 1. The lowest BCUT2D eigenvalue weighted by atomic mass is 9.83. The highest BCUT2D eigenvalue weighted by Crippen LogP contribution is 2.41. The predicted octanol–water partition coefficient (Wildman–Crippen LogP) is 5.40. The molecule has 2 aromatic carbocycles. The van der Waals surface area contributed by atoms with Gasteiger partial charge in [-0.1, -0.05) is 51.1 Å². The Morgan fingerprint density at radius 2 is 1.73 bits per heavy atom. The van der Waals surface area contributed by atoms with Crippen LogP contribution < -0.4 is 0 Å². The summed E-state index contributed by atoms with van der Waals surface area (Å²) in [4.78, 5) is 34.3. The van der Waals surface area contributed by atoms with Crippen molar-refractivity contribution in [2.45, 2.75) is 78.9 Å². The maximum Gasteiger partial charge on any atom is 0.410 e. The van der Waals surface area contributed by atoms with E-state index in [1.165, 1.54) is 16.7 Å². The molecule has 0 spiro atoms. The van der Waals surface area contributed by atoms with E-state index in [2.05, 4.69) is 0 Å². The van der Waals surface area contributed by atoms with Crippen molar-refractivity contribution in [3.05, 3.63) is 77.8 Å². The highest BCUT2D eigenvalue weighted by molar-refractivity contribution is 5.81. The van der Waals surface area contributed by atoms with E-state index in [1.807, 2.05) is 55.7 Å². The van der Waals surface area contributed by atoms with Gasteiger partial charge >= 0.3 is 6.09 Å². The summed E-state index contributed by atoms with van der Waals surface area (Å²) < 4.78 is 36.6. The molecule has 2 heterocycles. The van der Waals surface area contributed by atoms with Crippen molar-refractivity contribution in [2.75, 3.05) is 19.6 Å². The van der Waals surface area contributed by atoms with Crippen LogP contribution in [0.2, 0.25) is 0 Å². The van der Waals surface area contributed by atoms with Gasteiger partial charge in [0.25, 0.3) is 5.91 Å². The van der Waals surface area contributed by atoms with Gasteiger partial charge in [-0.3, -0.25) is 4.79 Å². The Labute approximate surface area is 263 Å². The number of carbonyl (C=O) groups excluding carboxylic acids is 2. The van der Waals surface area contributed by atoms with Crippen molar-refractivity contribution in [1.29, 1.82) is 0 Å². The monoisotopic (exact) mass is 626 g/mol. The van der Waals surface area contributed by atoms with Gasteiger partial charge in [-0.15, -0.1) is 0 Å². The average Bonchev–Trinajstić information content (AvgIpc) is 3.51. The summed E-state index contributed by atoms with van der Waals surface area (Å²) in [5.41, 5.74) is -0.323. The highest BCUT2D eigenvalue weighted by atomic mass is 19.1. The molecule has 1 saturated heterocycles. The van der Waals surface area contributed by atoms with E-state index >= 15 is 0 Å². The molecule has 1 aromatic heterocycles. The minimum Gasteiger partial charge on any atom is -0.444 e. The summed E-state index contributed by atoms with van der Waals surface area (Å²) in [5, 5.41) is 21.6. The molecule has 11 heteroatoms. The molecule has 0 radical (unpaired) electrons. The number of benzene rings is 2. The first-order valence-electron chi connectivity index (χ1n) is 15.2. The van der Waals surface area contributed by atoms with Gasteiger partial charge in [0.1, 0.15) is 29.2 Å². The van der Waals surface area contributed by atoms with Crippen LogP contribution in [0.1, 0.15) is 65.9 Å². The molecule has 1 fully saturated rings. The largest absolute Gasteiger partial charge is 0.444 e. The third-order valence-electron chi connectivity index (χ3n) is 7.71. The Balaban J connectivity index is 1.80. The Bertz CT molecular complexity index is 1500. The van der Waals surface area contributed by atoms with Crippen LogP contribution in [0.5, 0.6) is 0 Å². The topological polar surface area (TPSA) is 108 Å². The lowest BCUT2D eigenvalue weighted by molar-refractivity contribution is -0.146. The number of halogens is 2. The molecule has 4 rings (SSSR count). The summed E-state index contributed by atoms with van der Waals surface area (Å²) in [5.74, 6) is -2.01. The zero-order valence-corrected chi connectivity index (χ0v) is 27.0. The number of aliphatic hydroxyl groups excluding tert-OH is 2. The first-order chi connectivity index (χ1) is 20.9. The number of β-amino-alcohol motifs (C(OH)–C–C–N with tert-alkyl or cyclic N) is 1. The van der Waals surface area contributed by atoms with Gasteiger partial charge in [0.15, 0.2) is 0 Å². The van der Waals surface area contributed by atoms with E-state index in [-0.39, 0.29) is 30.9 Å². The van der Waals surface area contributed by atoms with E-state index in [1.54, 1.807) is 27.0 Å². The summed E-state index contributed by atoms with van der Waals surface area (Å²) in [7, 11) is 0. The van der Waals surface area contributed by atoms with Crippen molar-refractivity contribution < 1.29 is 33.3 Å². The summed E-state index contributed by atoms with van der Waals surface area (Å²) in [6, 6.07) is 11.9. The molecule has 1 aliphatic rings. The van der Waals surface area contributed by atoms with E-state index in [9.17, 15) is 28.6 Å². The van der Waals surface area contributed by atoms with Gasteiger partial charge in [0, 0.05) is 37.3 Å². The first-order valence-corrected chi connectivity index (χ1v) is 15.2. The molecule has 2 amide bonds. The normalized spacial score (nSPS) is 18.5. The van der Waals surface area contributed by atoms with Crippen LogP contribution in [-0.2, 0) is 16.1 Å². The van der Waals surface area contributed by atoms with Gasteiger partial charge < -0.3 is 29.3 Å². The van der Waals surface area contributed by atoms with Crippen molar-refractivity contribution in [3.8, 4) is 11.3 Å². The number of hydrogen-bond acceptors (Lipinski definition) is 6. The van der Waals surface area contributed by atoms with Gasteiger partial charge in [-0.2, -0.15) is 0 Å². The fourth-order valence-electron chi connectivity index (χ4n) is 5.70. The second kappa shape index (κ2) is 13.3. The smallest absolute Gasteiger partial charge is 0.410 e. The van der Waals surface area contributed by atoms with Crippen molar-refractivity contribution >= 4 is 12.0 Å². The third-order valence-corrected chi connectivity index (χ3v) is 7.71. The van der Waals surface area contributed by atoms with E-state index in [0.29, 0.717) is 12.4 Å². The average molecular weight is 627 g/mol. The minimum atomic E-state index is -1.38. The van der Waals surface area contributed by atoms with E-state index in [0.717, 1.165) is 23.8 Å². The molecule has 45 heavy (non-hydrogen) atoms. The number of rotatable bonds is 8. The molecular weight excluding hydrogens is 582 g/mol. The number of nitrogens with zero attached hydrogens (tertiary/aromatic N) is 4. The summed E-state index contributed by atoms with van der Waals surface area (Å²) in [6.45, 7) is 12.9. The fourth-order valence-corrected chi connectivity index (χ4v) is 5.70. The Morgan fingerprint density at radius 3 is 2.33 bits per heavy atom. The van der Waals surface area contributed by atoms with Gasteiger partial charge in [0.2, 0.25) is 0 Å². The molecule has 4 unspecified atom stereocenters. The van der Waals surface area contributed by atoms with Crippen LogP contribution in [-0.4, -0.2) is 79.0 Å². The van der Waals surface area contributed by atoms with E-state index < -0.39 is 58.8 Å². The van der Waals surface area contributed by atoms with Crippen molar-refractivity contribution in [3.63, 3.8) is 0 Å². The molecule has 0 bridgehead atoms. The molecule has 0 saturated carbocycles. The second-order valence-corrected chi connectivity index (χ2v) is 13.9. The van der Waals surface area contributed by atoms with E-state index in [4.69, 9.17) is 9.72 Å². The maximum absolute atomic E-state index is 15.0. The third kappa shape index (κ3) is 8.26. The zero-order chi connectivity index (χ0) is 33.3. The Morgan fingerprint density at radius 1 is 1.07 bits per heavy atom.